The molecule has 0 aliphatic rings. The van der Waals surface area contributed by atoms with Gasteiger partial charge in [0.25, 0.3) is 0 Å². The summed E-state index contributed by atoms with van der Waals surface area (Å²) in [7, 11) is 0. The summed E-state index contributed by atoms with van der Waals surface area (Å²) in [6.07, 6.45) is 1.88. The van der Waals surface area contributed by atoms with Gasteiger partial charge in [0.2, 0.25) is 0 Å². The first-order valence-electron chi connectivity index (χ1n) is 5.77. The van der Waals surface area contributed by atoms with E-state index in [4.69, 9.17) is 23.2 Å². The molecule has 0 bridgehead atoms. The zero-order chi connectivity index (χ0) is 13.1. The van der Waals surface area contributed by atoms with Gasteiger partial charge in [-0.15, -0.1) is 11.3 Å². The number of rotatable bonds is 4. The van der Waals surface area contributed by atoms with E-state index < -0.39 is 0 Å². The molecule has 5 heteroatoms. The van der Waals surface area contributed by atoms with Gasteiger partial charge in [0, 0.05) is 22.7 Å². The first-order valence-corrected chi connectivity index (χ1v) is 7.34. The quantitative estimate of drug-likeness (QED) is 0.878. The van der Waals surface area contributed by atoms with Crippen LogP contribution in [0.2, 0.25) is 10.0 Å². The van der Waals surface area contributed by atoms with Gasteiger partial charge in [-0.25, -0.2) is 4.98 Å². The van der Waals surface area contributed by atoms with Crippen molar-refractivity contribution >= 4 is 34.5 Å². The summed E-state index contributed by atoms with van der Waals surface area (Å²) in [4.78, 5) is 5.60. The molecule has 1 aromatic heterocycles. The molecule has 0 aliphatic heterocycles. The minimum absolute atomic E-state index is 0.294. The van der Waals surface area contributed by atoms with Gasteiger partial charge in [-0.2, -0.15) is 0 Å². The number of benzene rings is 1. The van der Waals surface area contributed by atoms with Crippen molar-refractivity contribution in [1.82, 2.24) is 10.3 Å². The molecule has 0 saturated carbocycles. The zero-order valence-corrected chi connectivity index (χ0v) is 12.5. The number of hydrogen-bond acceptors (Lipinski definition) is 3. The van der Waals surface area contributed by atoms with Crippen LogP contribution in [0.25, 0.3) is 10.6 Å². The van der Waals surface area contributed by atoms with E-state index in [2.05, 4.69) is 24.1 Å². The number of hydrogen-bond donors (Lipinski definition) is 1. The molecule has 1 N–H and O–H groups in total. The Hall–Kier alpha value is -0.610. The van der Waals surface area contributed by atoms with Crippen LogP contribution >= 0.6 is 34.5 Å². The predicted molar refractivity (Wildman–Crippen MR) is 79.7 cm³/mol. The Balaban J connectivity index is 2.35. The summed E-state index contributed by atoms with van der Waals surface area (Å²) in [6.45, 7) is 5.14. The Labute approximate surface area is 121 Å². The Morgan fingerprint density at radius 2 is 2.00 bits per heavy atom. The smallest absolute Gasteiger partial charge is 0.126 e. The summed E-state index contributed by atoms with van der Waals surface area (Å²) >= 11 is 14.0. The fraction of sp³-hybridized carbons (Fsp3) is 0.308. The molecule has 1 atom stereocenters. The van der Waals surface area contributed by atoms with Gasteiger partial charge < -0.3 is 5.32 Å². The molecule has 0 saturated heterocycles. The van der Waals surface area contributed by atoms with E-state index in [1.165, 1.54) is 4.88 Å². The van der Waals surface area contributed by atoms with Gasteiger partial charge in [-0.3, -0.25) is 0 Å². The van der Waals surface area contributed by atoms with Crippen LogP contribution in [0.3, 0.4) is 0 Å². The van der Waals surface area contributed by atoms with Crippen LogP contribution in [0.1, 0.15) is 24.8 Å². The predicted octanol–water partition coefficient (Wildman–Crippen LogP) is 4.79. The summed E-state index contributed by atoms with van der Waals surface area (Å²) in [5.41, 5.74) is 0.820. The number of halogens is 2. The minimum Gasteiger partial charge on any atom is -0.310 e. The molecule has 2 nitrogen and oxygen atoms in total. The van der Waals surface area contributed by atoms with Gasteiger partial charge in [0.05, 0.1) is 10.0 Å². The van der Waals surface area contributed by atoms with E-state index in [1.54, 1.807) is 11.3 Å². The van der Waals surface area contributed by atoms with E-state index in [9.17, 15) is 0 Å². The molecular formula is C13H14Cl2N2S. The minimum atomic E-state index is 0.294. The molecule has 0 amide bonds. The molecule has 0 spiro atoms. The molecule has 0 fully saturated rings. The van der Waals surface area contributed by atoms with Crippen LogP contribution in [0.15, 0.2) is 24.4 Å². The van der Waals surface area contributed by atoms with Crippen LogP contribution in [0.5, 0.6) is 0 Å². The maximum atomic E-state index is 6.18. The van der Waals surface area contributed by atoms with Gasteiger partial charge in [0.1, 0.15) is 5.01 Å². The SMILES string of the molecule is CCNC(C)c1cnc(-c2c(Cl)cccc2Cl)s1. The average Bonchev–Trinajstić information content (AvgIpc) is 2.78. The van der Waals surface area contributed by atoms with Crippen molar-refractivity contribution in [2.45, 2.75) is 19.9 Å². The molecule has 1 heterocycles. The standard InChI is InChI=1S/C13H14Cl2N2S/c1-3-16-8(2)11-7-17-13(18-11)12-9(14)5-4-6-10(12)15/h4-8,16H,3H2,1-2H3. The molecular weight excluding hydrogens is 287 g/mol. The summed E-state index contributed by atoms with van der Waals surface area (Å²) in [5.74, 6) is 0. The van der Waals surface area contributed by atoms with Crippen LogP contribution in [-0.2, 0) is 0 Å². The molecule has 0 radical (unpaired) electrons. The normalized spacial score (nSPS) is 12.7. The van der Waals surface area contributed by atoms with Gasteiger partial charge in [-0.05, 0) is 25.6 Å². The monoisotopic (exact) mass is 300 g/mol. The summed E-state index contributed by atoms with van der Waals surface area (Å²) in [6, 6.07) is 5.79. The third-order valence-corrected chi connectivity index (χ3v) is 4.46. The van der Waals surface area contributed by atoms with E-state index >= 15 is 0 Å². The second-order valence-electron chi connectivity index (χ2n) is 3.94. The Kier molecular flexibility index (Phi) is 4.62. The summed E-state index contributed by atoms with van der Waals surface area (Å²) in [5, 5.41) is 5.50. The second kappa shape index (κ2) is 6.02. The van der Waals surface area contributed by atoms with Crippen molar-refractivity contribution in [3.05, 3.63) is 39.3 Å². The Morgan fingerprint density at radius 3 is 2.61 bits per heavy atom. The highest BCUT2D eigenvalue weighted by atomic mass is 35.5. The molecule has 1 aromatic carbocycles. The highest BCUT2D eigenvalue weighted by Gasteiger charge is 2.14. The largest absolute Gasteiger partial charge is 0.310 e. The highest BCUT2D eigenvalue weighted by molar-refractivity contribution is 7.15. The Bertz CT molecular complexity index is 519. The topological polar surface area (TPSA) is 24.9 Å². The van der Waals surface area contributed by atoms with Crippen LogP contribution < -0.4 is 5.32 Å². The van der Waals surface area contributed by atoms with Gasteiger partial charge in [-0.1, -0.05) is 36.2 Å². The van der Waals surface area contributed by atoms with E-state index in [0.717, 1.165) is 17.1 Å². The lowest BCUT2D eigenvalue weighted by atomic mass is 10.2. The number of nitrogens with zero attached hydrogens (tertiary/aromatic N) is 1. The maximum absolute atomic E-state index is 6.18. The lowest BCUT2D eigenvalue weighted by Crippen LogP contribution is -2.16. The number of aromatic nitrogens is 1. The Morgan fingerprint density at radius 1 is 1.33 bits per heavy atom. The van der Waals surface area contributed by atoms with Crippen molar-refractivity contribution in [3.8, 4) is 10.6 Å². The zero-order valence-electron chi connectivity index (χ0n) is 10.2. The van der Waals surface area contributed by atoms with Gasteiger partial charge in [0.15, 0.2) is 0 Å². The van der Waals surface area contributed by atoms with Crippen LogP contribution in [-0.4, -0.2) is 11.5 Å². The summed E-state index contributed by atoms with van der Waals surface area (Å²) < 4.78 is 0. The molecule has 18 heavy (non-hydrogen) atoms. The number of nitrogens with one attached hydrogen (secondary N) is 1. The van der Waals surface area contributed by atoms with Crippen molar-refractivity contribution in [2.75, 3.05) is 6.54 Å². The lowest BCUT2D eigenvalue weighted by Gasteiger charge is -2.08. The molecule has 1 unspecified atom stereocenters. The fourth-order valence-electron chi connectivity index (χ4n) is 1.71. The van der Waals surface area contributed by atoms with E-state index in [1.807, 2.05) is 24.4 Å². The fourth-order valence-corrected chi connectivity index (χ4v) is 3.42. The third kappa shape index (κ3) is 2.86. The lowest BCUT2D eigenvalue weighted by molar-refractivity contribution is 0.606. The molecule has 2 aromatic rings. The van der Waals surface area contributed by atoms with Crippen LogP contribution in [0, 0.1) is 0 Å². The highest BCUT2D eigenvalue weighted by Crippen LogP contribution is 2.37. The molecule has 0 aliphatic carbocycles. The van der Waals surface area contributed by atoms with Crippen molar-refractivity contribution < 1.29 is 0 Å². The third-order valence-electron chi connectivity index (χ3n) is 2.64. The van der Waals surface area contributed by atoms with Crippen molar-refractivity contribution in [3.63, 3.8) is 0 Å². The van der Waals surface area contributed by atoms with Gasteiger partial charge >= 0.3 is 0 Å². The van der Waals surface area contributed by atoms with E-state index in [-0.39, 0.29) is 0 Å². The van der Waals surface area contributed by atoms with E-state index in [0.29, 0.717) is 16.1 Å². The first-order chi connectivity index (χ1) is 8.63. The van der Waals surface area contributed by atoms with Crippen molar-refractivity contribution in [1.29, 1.82) is 0 Å². The average molecular weight is 301 g/mol. The maximum Gasteiger partial charge on any atom is 0.126 e. The van der Waals surface area contributed by atoms with Crippen molar-refractivity contribution in [2.24, 2.45) is 0 Å². The first kappa shape index (κ1) is 13.8. The molecule has 2 rings (SSSR count). The second-order valence-corrected chi connectivity index (χ2v) is 5.82. The molecule has 96 valence electrons. The van der Waals surface area contributed by atoms with Crippen LogP contribution in [0.4, 0.5) is 0 Å². The number of thiazole rings is 1.